The van der Waals surface area contributed by atoms with Crippen LogP contribution in [0.15, 0.2) is 263 Å². The molecule has 10 heterocycles. The van der Waals surface area contributed by atoms with Crippen LogP contribution < -0.4 is 23.8 Å². The zero-order valence-corrected chi connectivity index (χ0v) is 68.1. The molecule has 0 spiro atoms. The summed E-state index contributed by atoms with van der Waals surface area (Å²) in [5.41, 5.74) is 10.4. The molecule has 25 nitrogen and oxygen atoms in total. The molecule has 15 aromatic rings. The van der Waals surface area contributed by atoms with Crippen molar-refractivity contribution in [1.82, 2.24) is 74.8 Å². The lowest BCUT2D eigenvalue weighted by Crippen LogP contribution is -2.12. The average Bonchev–Trinajstić information content (AvgIpc) is 1.21. The van der Waals surface area contributed by atoms with Crippen molar-refractivity contribution in [2.45, 2.75) is 66.7 Å². The minimum Gasteiger partial charge on any atom is -0.454 e. The SMILES string of the molecule is Cc1cc(Oc2cncnc2)cc(C(=O)Cc2cc(F)ccn2)c1.Cc1cccc(CC(=O)c2cc(Cl)cc(Oc3cncnc3)c2)n1.Cc1cccc(CC(=O)c2cc(Cl)cc(Oc3cncnc3)c2)n1.Cc1cccc(CC(=O)c2cc(Cl)cc(Oc3cncnc3)c2)n1.Cc1csc(CC(=O)c2cc(F)cc(N(C)c3cncnc3)c2)n1. The van der Waals surface area contributed by atoms with Crippen LogP contribution in [0.3, 0.4) is 0 Å². The molecule has 0 bridgehead atoms. The number of carbonyl (C=O) groups excluding carboxylic acids is 5. The van der Waals surface area contributed by atoms with E-state index in [2.05, 4.69) is 74.8 Å². The van der Waals surface area contributed by atoms with Gasteiger partial charge in [0.1, 0.15) is 71.3 Å². The lowest BCUT2D eigenvalue weighted by atomic mass is 10.0. The van der Waals surface area contributed by atoms with Gasteiger partial charge in [-0.3, -0.25) is 43.9 Å². The van der Waals surface area contributed by atoms with Crippen molar-refractivity contribution in [3.8, 4) is 46.0 Å². The van der Waals surface area contributed by atoms with Crippen LogP contribution in [0.5, 0.6) is 46.0 Å². The number of rotatable bonds is 25. The van der Waals surface area contributed by atoms with Crippen molar-refractivity contribution >= 4 is 86.4 Å². The third kappa shape index (κ3) is 27.8. The molecular weight excluding hydrogens is 1610 g/mol. The number of nitrogens with zero attached hydrogens (tertiary/aromatic N) is 16. The first-order chi connectivity index (χ1) is 57.9. The smallest absolute Gasteiger partial charge is 0.169 e. The number of pyridine rings is 4. The Kier molecular flexibility index (Phi) is 31.2. The quantitative estimate of drug-likeness (QED) is 0.0480. The Labute approximate surface area is 706 Å². The second-order valence-electron chi connectivity index (χ2n) is 26.3. The van der Waals surface area contributed by atoms with E-state index in [0.29, 0.717) is 106 Å². The van der Waals surface area contributed by atoms with Gasteiger partial charge in [0.15, 0.2) is 51.9 Å². The van der Waals surface area contributed by atoms with Gasteiger partial charge in [-0.2, -0.15) is 0 Å². The number of ether oxygens (including phenoxy) is 4. The minimum absolute atomic E-state index is 0.0229. The Morgan fingerprint density at radius 3 is 1.06 bits per heavy atom. The van der Waals surface area contributed by atoms with Gasteiger partial charge in [-0.15, -0.1) is 11.3 Å². The summed E-state index contributed by atoms with van der Waals surface area (Å²) in [7, 11) is 1.77. The highest BCUT2D eigenvalue weighted by molar-refractivity contribution is 7.09. The molecule has 0 saturated heterocycles. The molecule has 0 fully saturated rings. The first kappa shape index (κ1) is 86.7. The minimum atomic E-state index is -0.463. The fourth-order valence-corrected chi connectivity index (χ4v) is 12.6. The van der Waals surface area contributed by atoms with E-state index in [1.807, 2.05) is 101 Å². The van der Waals surface area contributed by atoms with Gasteiger partial charge in [0.2, 0.25) is 0 Å². The molecule has 5 aromatic carbocycles. The fraction of sp³-hybridized carbons (Fsp3) is 0.124. The Morgan fingerprint density at radius 1 is 0.342 bits per heavy atom. The molecule has 0 aliphatic heterocycles. The van der Waals surface area contributed by atoms with E-state index in [1.165, 1.54) is 123 Å². The van der Waals surface area contributed by atoms with Gasteiger partial charge in [0.05, 0.1) is 105 Å². The summed E-state index contributed by atoms with van der Waals surface area (Å²) in [6, 6.07) is 43.5. The second kappa shape index (κ2) is 43.1. The maximum Gasteiger partial charge on any atom is 0.169 e. The summed E-state index contributed by atoms with van der Waals surface area (Å²) >= 11 is 19.8. The van der Waals surface area contributed by atoms with E-state index in [4.69, 9.17) is 53.8 Å². The first-order valence-corrected chi connectivity index (χ1v) is 38.4. The second-order valence-corrected chi connectivity index (χ2v) is 28.5. The van der Waals surface area contributed by atoms with E-state index in [-0.39, 0.29) is 61.0 Å². The Hall–Kier alpha value is -14.2. The summed E-state index contributed by atoms with van der Waals surface area (Å²) in [5, 5.41) is 3.89. The number of ketones is 5. The van der Waals surface area contributed by atoms with Crippen molar-refractivity contribution < 1.29 is 51.7 Å². The molecule has 0 atom stereocenters. The van der Waals surface area contributed by atoms with E-state index < -0.39 is 11.6 Å². The number of benzene rings is 5. The normalized spacial score (nSPS) is 10.5. The largest absolute Gasteiger partial charge is 0.454 e. The number of hydrogen-bond acceptors (Lipinski definition) is 26. The molecule has 15 rings (SSSR count). The number of thiazole rings is 1. The van der Waals surface area contributed by atoms with Crippen LogP contribution in [0.4, 0.5) is 20.2 Å². The number of aromatic nitrogens is 15. The molecule has 120 heavy (non-hydrogen) atoms. The highest BCUT2D eigenvalue weighted by Crippen LogP contribution is 2.32. The Morgan fingerprint density at radius 2 is 0.692 bits per heavy atom. The maximum atomic E-state index is 14.0. The monoisotopic (exact) mass is 1680 g/mol. The molecule has 0 saturated carbocycles. The zero-order valence-electron chi connectivity index (χ0n) is 65.0. The third-order valence-corrected chi connectivity index (χ3v) is 18.2. The highest BCUT2D eigenvalue weighted by atomic mass is 35.5. The molecule has 31 heteroatoms. The lowest BCUT2D eigenvalue weighted by molar-refractivity contribution is 0.0983. The fourth-order valence-electron chi connectivity index (χ4n) is 11.2. The van der Waals surface area contributed by atoms with Crippen LogP contribution >= 0.6 is 46.1 Å². The van der Waals surface area contributed by atoms with Gasteiger partial charge >= 0.3 is 0 Å². The number of halogens is 5. The molecule has 0 N–H and O–H groups in total. The van der Waals surface area contributed by atoms with Gasteiger partial charge < -0.3 is 23.8 Å². The summed E-state index contributed by atoms with van der Waals surface area (Å²) in [5.74, 6) is 2.34. The summed E-state index contributed by atoms with van der Waals surface area (Å²) in [6.07, 6.45) is 24.7. The van der Waals surface area contributed by atoms with Gasteiger partial charge in [-0.1, -0.05) is 53.0 Å². The van der Waals surface area contributed by atoms with Crippen LogP contribution in [0.25, 0.3) is 0 Å². The molecule has 0 aliphatic carbocycles. The van der Waals surface area contributed by atoms with Gasteiger partial charge in [0, 0.05) is 107 Å². The predicted molar refractivity (Wildman–Crippen MR) is 449 cm³/mol. The molecule has 10 aromatic heterocycles. The van der Waals surface area contributed by atoms with Crippen molar-refractivity contribution in [2.24, 2.45) is 0 Å². The van der Waals surface area contributed by atoms with Gasteiger partial charge in [-0.25, -0.2) is 63.6 Å². The van der Waals surface area contributed by atoms with Gasteiger partial charge in [0.25, 0.3) is 0 Å². The molecule has 602 valence electrons. The number of Topliss-reactive ketones (excluding diaryl/α,β-unsaturated/α-hetero) is 5. The number of carbonyl (C=O) groups is 5. The third-order valence-electron chi connectivity index (χ3n) is 16.5. The standard InChI is InChI=1S/3C18H14ClN3O2.C18H14FN3O2.C17H15FN4OS/c3*1-12-3-2-4-15(22-12)8-18(23)13-5-14(19)7-16(6-13)24-17-9-20-11-21-10-17;1-12-4-13(18(23)8-15-7-14(19)2-3-22-15)6-16(5-12)24-17-9-20-11-21-10-17;1-11-9-24-17(21-11)6-16(23)12-3-13(18)5-14(4-12)22(2)15-7-19-10-20-8-15/h4*2-7,9-11H,8H2,1H3;3-5,7-10H,6H2,1-2H3. The lowest BCUT2D eigenvalue weighted by Gasteiger charge is -2.19. The van der Waals surface area contributed by atoms with Crippen LogP contribution in [0.2, 0.25) is 15.1 Å². The van der Waals surface area contributed by atoms with Crippen molar-refractivity contribution in [3.63, 3.8) is 0 Å². The van der Waals surface area contributed by atoms with E-state index in [0.717, 1.165) is 50.4 Å². The van der Waals surface area contributed by atoms with E-state index in [9.17, 15) is 32.8 Å². The van der Waals surface area contributed by atoms with Gasteiger partial charge in [-0.05, 0) is 180 Å². The van der Waals surface area contributed by atoms with E-state index >= 15 is 0 Å². The molecule has 0 radical (unpaired) electrons. The maximum absolute atomic E-state index is 14.0. The van der Waals surface area contributed by atoms with E-state index in [1.54, 1.807) is 97.1 Å². The van der Waals surface area contributed by atoms with Crippen LogP contribution in [-0.4, -0.2) is 111 Å². The first-order valence-electron chi connectivity index (χ1n) is 36.4. The van der Waals surface area contributed by atoms with Crippen molar-refractivity contribution in [2.75, 3.05) is 11.9 Å². The molecular formula is C89H71Cl3F2N16O9S. The van der Waals surface area contributed by atoms with Crippen molar-refractivity contribution in [1.29, 1.82) is 0 Å². The average molecular weight is 1690 g/mol. The van der Waals surface area contributed by atoms with Crippen LogP contribution in [0.1, 0.15) is 108 Å². The van der Waals surface area contributed by atoms with Crippen molar-refractivity contribution in [3.05, 3.63) is 374 Å². The number of hydrogen-bond donors (Lipinski definition) is 0. The zero-order chi connectivity index (χ0) is 84.9. The molecule has 0 amide bonds. The topological polar surface area (TPSA) is 319 Å². The predicted octanol–water partition coefficient (Wildman–Crippen LogP) is 19.3. The summed E-state index contributed by atoms with van der Waals surface area (Å²) < 4.78 is 49.8. The van der Waals surface area contributed by atoms with Crippen LogP contribution in [0, 0.1) is 46.3 Å². The Balaban J connectivity index is 0.000000147. The summed E-state index contributed by atoms with van der Waals surface area (Å²) in [4.78, 5) is 124. The number of anilines is 2. The highest BCUT2D eigenvalue weighted by Gasteiger charge is 2.19. The number of aryl methyl sites for hydroxylation is 5. The van der Waals surface area contributed by atoms with Crippen LogP contribution in [-0.2, 0) is 32.1 Å². The molecule has 0 aliphatic rings. The Bertz CT molecular complexity index is 5460. The summed E-state index contributed by atoms with van der Waals surface area (Å²) in [6.45, 7) is 9.41. The molecule has 0 unspecified atom stereocenters.